The van der Waals surface area contributed by atoms with Crippen molar-refractivity contribution < 1.29 is 24.4 Å². The molecule has 4 aliphatic rings. The Morgan fingerprint density at radius 2 is 1.97 bits per heavy atom. The van der Waals surface area contributed by atoms with Crippen molar-refractivity contribution in [1.82, 2.24) is 9.80 Å². The number of nitrogens with two attached hydrogens (primary N) is 1. The number of hydrogen-bond acceptors (Lipinski definition) is 5. The number of carbonyl (C=O) groups is 2. The minimum absolute atomic E-state index is 0.0482. The molecule has 33 heavy (non-hydrogen) atoms. The summed E-state index contributed by atoms with van der Waals surface area (Å²) in [5, 5.41) is 2.46. The lowest BCUT2D eigenvalue weighted by Crippen LogP contribution is -2.95. The van der Waals surface area contributed by atoms with Crippen molar-refractivity contribution in [3.05, 3.63) is 12.2 Å². The highest BCUT2D eigenvalue weighted by Gasteiger charge is 2.46. The van der Waals surface area contributed by atoms with Crippen molar-refractivity contribution in [3.8, 4) is 0 Å². The maximum Gasteiger partial charge on any atom is 0.309 e. The molecule has 6 atom stereocenters. The zero-order valence-corrected chi connectivity index (χ0v) is 20.7. The minimum Gasteiger partial charge on any atom is -0.462 e. The van der Waals surface area contributed by atoms with Crippen LogP contribution in [0.3, 0.4) is 0 Å². The second-order valence-electron chi connectivity index (χ2n) is 10.9. The van der Waals surface area contributed by atoms with Crippen molar-refractivity contribution in [3.63, 3.8) is 0 Å². The van der Waals surface area contributed by atoms with Crippen molar-refractivity contribution >= 4 is 11.9 Å². The van der Waals surface area contributed by atoms with Crippen LogP contribution in [-0.2, 0) is 19.1 Å². The van der Waals surface area contributed by atoms with Crippen LogP contribution in [0.15, 0.2) is 12.2 Å². The van der Waals surface area contributed by atoms with Gasteiger partial charge in [-0.1, -0.05) is 19.1 Å². The predicted molar refractivity (Wildman–Crippen MR) is 126 cm³/mol. The summed E-state index contributed by atoms with van der Waals surface area (Å²) in [6.07, 6.45) is 8.45. The number of fused-ring (bicyclic) bond motifs is 1. The Balaban J connectivity index is 1.22. The molecule has 6 unspecified atom stereocenters. The normalized spacial score (nSPS) is 35.6. The molecule has 0 spiro atoms. The van der Waals surface area contributed by atoms with E-state index < -0.39 is 0 Å². The van der Waals surface area contributed by atoms with Crippen molar-refractivity contribution in [2.45, 2.75) is 83.6 Å². The number of carbonyl (C=O) groups excluding carboxylic acids is 2. The fourth-order valence-electron chi connectivity index (χ4n) is 6.39. The maximum atomic E-state index is 12.9. The summed E-state index contributed by atoms with van der Waals surface area (Å²) in [6, 6.07) is 0. The molecule has 7 heteroatoms. The molecule has 4 rings (SSSR count). The Kier molecular flexibility index (Phi) is 8.47. The van der Waals surface area contributed by atoms with E-state index in [1.807, 2.05) is 11.8 Å². The second kappa shape index (κ2) is 11.3. The number of piperazine rings is 1. The molecule has 3 saturated heterocycles. The molecule has 1 saturated carbocycles. The van der Waals surface area contributed by atoms with E-state index in [1.165, 1.54) is 25.8 Å². The van der Waals surface area contributed by atoms with Gasteiger partial charge in [-0.2, -0.15) is 0 Å². The quantitative estimate of drug-likeness (QED) is 0.462. The highest BCUT2D eigenvalue weighted by molar-refractivity contribution is 5.78. The molecule has 0 aromatic rings. The van der Waals surface area contributed by atoms with Crippen LogP contribution in [0.2, 0.25) is 0 Å². The van der Waals surface area contributed by atoms with Crippen molar-refractivity contribution in [2.24, 2.45) is 17.8 Å². The fourth-order valence-corrected chi connectivity index (χ4v) is 6.39. The van der Waals surface area contributed by atoms with Gasteiger partial charge in [-0.05, 0) is 50.9 Å². The van der Waals surface area contributed by atoms with Gasteiger partial charge in [0.05, 0.1) is 25.2 Å². The molecule has 1 amide bonds. The van der Waals surface area contributed by atoms with Crippen LogP contribution < -0.4 is 5.32 Å². The molecule has 0 bridgehead atoms. The number of piperidine rings is 1. The molecule has 7 nitrogen and oxygen atoms in total. The second-order valence-corrected chi connectivity index (χ2v) is 10.9. The van der Waals surface area contributed by atoms with Crippen LogP contribution in [0, 0.1) is 17.8 Å². The van der Waals surface area contributed by atoms with Gasteiger partial charge in [0.2, 0.25) is 5.91 Å². The lowest BCUT2D eigenvalue weighted by atomic mass is 9.69. The fraction of sp³-hybridized carbons (Fsp3) is 0.846. The first-order valence-corrected chi connectivity index (χ1v) is 13.2. The van der Waals surface area contributed by atoms with E-state index in [2.05, 4.69) is 23.7 Å². The Bertz CT molecular complexity index is 700. The van der Waals surface area contributed by atoms with E-state index in [1.54, 1.807) is 0 Å². The van der Waals surface area contributed by atoms with Gasteiger partial charge in [-0.3, -0.25) is 14.5 Å². The van der Waals surface area contributed by atoms with E-state index in [-0.39, 0.29) is 35.9 Å². The summed E-state index contributed by atoms with van der Waals surface area (Å²) in [5.41, 5.74) is 1.02. The number of rotatable bonds is 7. The number of quaternary nitrogens is 1. The van der Waals surface area contributed by atoms with Crippen LogP contribution in [0.1, 0.15) is 65.2 Å². The standard InChI is InChI=1S/C26H43N3O4/c1-18(2)17-32-20-7-8-21-19(3)22(26(31)33-23(21)16-20)9-10-25(30)29-14-12-28(13-15-29)24-6-4-5-11-27-24/h19-24,27H,1,4-17H2,2-3H3/p+1. The Morgan fingerprint density at radius 1 is 1.18 bits per heavy atom. The van der Waals surface area contributed by atoms with Crippen LogP contribution in [0.25, 0.3) is 0 Å². The molecule has 3 aliphatic heterocycles. The highest BCUT2D eigenvalue weighted by atomic mass is 16.5. The van der Waals surface area contributed by atoms with Gasteiger partial charge in [0.15, 0.2) is 0 Å². The summed E-state index contributed by atoms with van der Waals surface area (Å²) < 4.78 is 11.8. The molecule has 3 heterocycles. The zero-order chi connectivity index (χ0) is 23.4. The minimum atomic E-state index is -0.166. The SMILES string of the molecule is C=C(C)COC1CCC2C(C1)OC(=O)C(CCC(=O)N1CCN(C3CCCC[NH2+]3)CC1)C2C. The summed E-state index contributed by atoms with van der Waals surface area (Å²) in [6.45, 7) is 13.4. The van der Waals surface area contributed by atoms with Crippen molar-refractivity contribution in [2.75, 3.05) is 39.3 Å². The molecule has 1 aliphatic carbocycles. The Morgan fingerprint density at radius 3 is 2.67 bits per heavy atom. The first kappa shape index (κ1) is 24.7. The van der Waals surface area contributed by atoms with E-state index in [4.69, 9.17) is 9.47 Å². The zero-order valence-electron chi connectivity index (χ0n) is 20.7. The molecule has 0 aromatic heterocycles. The molecule has 0 radical (unpaired) electrons. The van der Waals surface area contributed by atoms with Crippen molar-refractivity contribution in [1.29, 1.82) is 0 Å². The molecule has 186 valence electrons. The Labute approximate surface area is 199 Å². The van der Waals surface area contributed by atoms with Gasteiger partial charge in [0.1, 0.15) is 12.3 Å². The van der Waals surface area contributed by atoms with Crippen LogP contribution in [0.5, 0.6) is 0 Å². The first-order valence-electron chi connectivity index (χ1n) is 13.2. The summed E-state index contributed by atoms with van der Waals surface area (Å²) in [5.74, 6) is 0.546. The number of nitrogens with zero attached hydrogens (tertiary/aromatic N) is 2. The highest BCUT2D eigenvalue weighted by Crippen LogP contribution is 2.42. The number of hydrogen-bond donors (Lipinski definition) is 1. The average Bonchev–Trinajstić information content (AvgIpc) is 2.83. The van der Waals surface area contributed by atoms with Gasteiger partial charge in [-0.15, -0.1) is 0 Å². The smallest absolute Gasteiger partial charge is 0.309 e. The Hall–Kier alpha value is -1.44. The predicted octanol–water partition coefficient (Wildman–Crippen LogP) is 1.92. The average molecular weight is 463 g/mol. The summed E-state index contributed by atoms with van der Waals surface area (Å²) in [4.78, 5) is 30.3. The topological polar surface area (TPSA) is 75.7 Å². The molecule has 0 aromatic carbocycles. The first-order chi connectivity index (χ1) is 15.9. The molecule has 2 N–H and O–H groups in total. The monoisotopic (exact) mass is 462 g/mol. The van der Waals surface area contributed by atoms with E-state index in [0.717, 1.165) is 51.0 Å². The molecular weight excluding hydrogens is 418 g/mol. The van der Waals surface area contributed by atoms with E-state index in [9.17, 15) is 9.59 Å². The number of ether oxygens (including phenoxy) is 2. The van der Waals surface area contributed by atoms with Gasteiger partial charge >= 0.3 is 5.97 Å². The third-order valence-electron chi connectivity index (χ3n) is 8.44. The van der Waals surface area contributed by atoms with Gasteiger partial charge in [-0.25, -0.2) is 0 Å². The van der Waals surface area contributed by atoms with E-state index in [0.29, 0.717) is 31.5 Å². The number of esters is 1. The molecular formula is C26H44N3O4+. The maximum absolute atomic E-state index is 12.9. The van der Waals surface area contributed by atoms with Gasteiger partial charge < -0.3 is 19.7 Å². The summed E-state index contributed by atoms with van der Waals surface area (Å²) in [7, 11) is 0. The van der Waals surface area contributed by atoms with Gasteiger partial charge in [0.25, 0.3) is 0 Å². The lowest BCUT2D eigenvalue weighted by molar-refractivity contribution is -0.717. The van der Waals surface area contributed by atoms with Gasteiger partial charge in [0, 0.05) is 45.4 Å². The lowest BCUT2D eigenvalue weighted by Gasteiger charge is -2.45. The van der Waals surface area contributed by atoms with Crippen LogP contribution in [0.4, 0.5) is 0 Å². The third-order valence-corrected chi connectivity index (χ3v) is 8.44. The molecule has 4 fully saturated rings. The number of amides is 1. The van der Waals surface area contributed by atoms with Crippen LogP contribution in [-0.4, -0.2) is 79.4 Å². The van der Waals surface area contributed by atoms with Crippen LogP contribution >= 0.6 is 0 Å². The summed E-state index contributed by atoms with van der Waals surface area (Å²) >= 11 is 0. The third kappa shape index (κ3) is 6.17. The largest absolute Gasteiger partial charge is 0.462 e. The van der Waals surface area contributed by atoms with E-state index >= 15 is 0 Å².